The summed E-state index contributed by atoms with van der Waals surface area (Å²) in [5.74, 6) is 0.890. The van der Waals surface area contributed by atoms with Crippen LogP contribution in [0.3, 0.4) is 0 Å². The van der Waals surface area contributed by atoms with Gasteiger partial charge in [-0.2, -0.15) is 0 Å². The monoisotopic (exact) mass is 284 g/mol. The van der Waals surface area contributed by atoms with E-state index in [1.165, 1.54) is 0 Å². The number of carbonyl (C=O) groups is 1. The molecule has 3 heterocycles. The summed E-state index contributed by atoms with van der Waals surface area (Å²) >= 11 is 0. The maximum absolute atomic E-state index is 11.6. The number of aromatic nitrogens is 1. The summed E-state index contributed by atoms with van der Waals surface area (Å²) in [5, 5.41) is 3.23. The van der Waals surface area contributed by atoms with Crippen LogP contribution in [0.25, 0.3) is 5.57 Å². The highest BCUT2D eigenvalue weighted by Gasteiger charge is 2.46. The Kier molecular flexibility index (Phi) is 2.62. The molecule has 1 aromatic rings. The Labute approximate surface area is 122 Å². The molecule has 6 heteroatoms. The summed E-state index contributed by atoms with van der Waals surface area (Å²) < 4.78 is 6.23. The van der Waals surface area contributed by atoms with Gasteiger partial charge in [0.25, 0.3) is 0 Å². The number of ketones is 1. The van der Waals surface area contributed by atoms with Gasteiger partial charge in [0.2, 0.25) is 5.88 Å². The van der Waals surface area contributed by atoms with Gasteiger partial charge in [-0.15, -0.1) is 0 Å². The van der Waals surface area contributed by atoms with Crippen molar-refractivity contribution >= 4 is 17.6 Å². The van der Waals surface area contributed by atoms with E-state index < -0.39 is 11.9 Å². The van der Waals surface area contributed by atoms with Gasteiger partial charge in [-0.3, -0.25) is 15.5 Å². The number of nitrogens with two attached hydrogens (primary N) is 1. The lowest BCUT2D eigenvalue weighted by Crippen LogP contribution is -2.53. The number of allylic oxidation sites excluding steroid dienone is 1. The minimum atomic E-state index is -0.533. The molecule has 0 radical (unpaired) electrons. The number of hydrogen-bond acceptors (Lipinski definition) is 6. The Balaban J connectivity index is 1.87. The van der Waals surface area contributed by atoms with Gasteiger partial charge >= 0.3 is 0 Å². The minimum Gasteiger partial charge on any atom is -0.464 e. The first-order valence-corrected chi connectivity index (χ1v) is 7.14. The largest absolute Gasteiger partial charge is 0.464 e. The molecular weight excluding hydrogens is 268 g/mol. The molecule has 21 heavy (non-hydrogen) atoms. The van der Waals surface area contributed by atoms with E-state index in [0.717, 1.165) is 16.8 Å². The molecule has 1 fully saturated rings. The normalized spacial score (nSPS) is 26.0. The quantitative estimate of drug-likeness (QED) is 0.741. The molecule has 3 N–H and O–H groups in total. The molecule has 3 aliphatic rings. The smallest absolute Gasteiger partial charge is 0.222 e. The third-order valence-corrected chi connectivity index (χ3v) is 4.35. The van der Waals surface area contributed by atoms with Crippen LogP contribution in [0.2, 0.25) is 0 Å². The van der Waals surface area contributed by atoms with E-state index in [1.54, 1.807) is 12.4 Å². The Morgan fingerprint density at radius 2 is 2.19 bits per heavy atom. The molecule has 0 saturated heterocycles. The number of hydrogen-bond donors (Lipinski definition) is 2. The van der Waals surface area contributed by atoms with Gasteiger partial charge in [-0.25, -0.2) is 4.98 Å². The van der Waals surface area contributed by atoms with Crippen LogP contribution < -0.4 is 15.8 Å². The number of Topliss-reactive ketones (excluding diaryl/α,β-unsaturated/α-hetero) is 1. The van der Waals surface area contributed by atoms with Crippen LogP contribution >= 0.6 is 0 Å². The highest BCUT2D eigenvalue weighted by molar-refractivity contribution is 6.13. The Bertz CT molecular complexity index is 670. The Morgan fingerprint density at radius 1 is 1.38 bits per heavy atom. The predicted molar refractivity (Wildman–Crippen MR) is 77.6 cm³/mol. The van der Waals surface area contributed by atoms with Crippen molar-refractivity contribution < 1.29 is 9.53 Å². The summed E-state index contributed by atoms with van der Waals surface area (Å²) in [4.78, 5) is 20.2. The van der Waals surface area contributed by atoms with E-state index in [9.17, 15) is 4.79 Å². The van der Waals surface area contributed by atoms with Crippen molar-refractivity contribution in [2.24, 2.45) is 10.7 Å². The SMILES string of the molecule is NC1N=CC2=C(N1)C1(CCC(=O)CC1)Oc1ncccc12. The molecule has 4 rings (SSSR count). The first-order chi connectivity index (χ1) is 10.2. The fourth-order valence-electron chi connectivity index (χ4n) is 3.26. The third-order valence-electron chi connectivity index (χ3n) is 4.35. The summed E-state index contributed by atoms with van der Waals surface area (Å²) in [6.07, 6.45) is 5.37. The summed E-state index contributed by atoms with van der Waals surface area (Å²) in [5.41, 5.74) is 8.19. The van der Waals surface area contributed by atoms with Crippen LogP contribution in [0, 0.1) is 0 Å². The highest BCUT2D eigenvalue weighted by Crippen LogP contribution is 2.45. The topological polar surface area (TPSA) is 89.6 Å². The zero-order valence-electron chi connectivity index (χ0n) is 11.5. The first-order valence-electron chi connectivity index (χ1n) is 7.14. The van der Waals surface area contributed by atoms with Gasteiger partial charge in [0.15, 0.2) is 11.9 Å². The zero-order valence-corrected chi connectivity index (χ0v) is 11.5. The maximum Gasteiger partial charge on any atom is 0.222 e. The number of fused-ring (bicyclic) bond motifs is 3. The van der Waals surface area contributed by atoms with Crippen molar-refractivity contribution in [2.45, 2.75) is 37.6 Å². The molecule has 0 amide bonds. The fraction of sp³-hybridized carbons (Fsp3) is 0.400. The molecule has 1 aromatic heterocycles. The van der Waals surface area contributed by atoms with Gasteiger partial charge in [0, 0.05) is 36.4 Å². The van der Waals surface area contributed by atoms with Crippen molar-refractivity contribution in [1.82, 2.24) is 10.3 Å². The fourth-order valence-corrected chi connectivity index (χ4v) is 3.26. The van der Waals surface area contributed by atoms with E-state index in [-0.39, 0.29) is 5.78 Å². The molecular formula is C15H16N4O2. The van der Waals surface area contributed by atoms with E-state index in [4.69, 9.17) is 10.5 Å². The summed E-state index contributed by atoms with van der Waals surface area (Å²) in [6.45, 7) is 0. The van der Waals surface area contributed by atoms with E-state index in [2.05, 4.69) is 15.3 Å². The number of nitrogens with one attached hydrogen (secondary N) is 1. The molecule has 1 atom stereocenters. The zero-order chi connectivity index (χ0) is 14.4. The van der Waals surface area contributed by atoms with Gasteiger partial charge in [0.05, 0.1) is 5.70 Å². The Hall–Kier alpha value is -2.21. The number of ether oxygens (including phenoxy) is 1. The number of carbonyl (C=O) groups excluding carboxylic acids is 1. The van der Waals surface area contributed by atoms with Crippen LogP contribution in [-0.4, -0.2) is 28.9 Å². The van der Waals surface area contributed by atoms with Crippen molar-refractivity contribution in [3.05, 3.63) is 29.6 Å². The molecule has 1 unspecified atom stereocenters. The van der Waals surface area contributed by atoms with Crippen molar-refractivity contribution in [1.29, 1.82) is 0 Å². The maximum atomic E-state index is 11.6. The predicted octanol–water partition coefficient (Wildman–Crippen LogP) is 0.983. The number of pyridine rings is 1. The van der Waals surface area contributed by atoms with Crippen LogP contribution in [0.15, 0.2) is 29.0 Å². The first kappa shape index (κ1) is 12.5. The second kappa shape index (κ2) is 4.39. The van der Waals surface area contributed by atoms with Gasteiger partial charge in [-0.05, 0) is 25.0 Å². The summed E-state index contributed by atoms with van der Waals surface area (Å²) in [7, 11) is 0. The lowest BCUT2D eigenvalue weighted by atomic mass is 9.77. The number of rotatable bonds is 0. The summed E-state index contributed by atoms with van der Waals surface area (Å²) in [6, 6.07) is 3.83. The molecule has 0 aromatic carbocycles. The molecule has 2 aliphatic heterocycles. The van der Waals surface area contributed by atoms with Gasteiger partial charge in [0.1, 0.15) is 5.78 Å². The second-order valence-corrected chi connectivity index (χ2v) is 5.65. The van der Waals surface area contributed by atoms with Gasteiger partial charge < -0.3 is 10.1 Å². The average Bonchev–Trinajstić information content (AvgIpc) is 2.51. The Morgan fingerprint density at radius 3 is 3.00 bits per heavy atom. The van der Waals surface area contributed by atoms with Crippen LogP contribution in [0.5, 0.6) is 5.88 Å². The lowest BCUT2D eigenvalue weighted by Gasteiger charge is -2.44. The molecule has 1 saturated carbocycles. The van der Waals surface area contributed by atoms with Crippen molar-refractivity contribution in [3.63, 3.8) is 0 Å². The number of aliphatic imine (C=N–C) groups is 1. The lowest BCUT2D eigenvalue weighted by molar-refractivity contribution is -0.123. The third kappa shape index (κ3) is 1.86. The molecule has 1 aliphatic carbocycles. The molecule has 1 spiro atoms. The average molecular weight is 284 g/mol. The highest BCUT2D eigenvalue weighted by atomic mass is 16.5. The van der Waals surface area contributed by atoms with Crippen LogP contribution in [-0.2, 0) is 4.79 Å². The van der Waals surface area contributed by atoms with Crippen molar-refractivity contribution in [2.75, 3.05) is 0 Å². The standard InChI is InChI=1S/C15H16N4O2/c16-14-18-8-11-10-2-1-7-17-13(10)21-15(12(11)19-14)5-3-9(20)4-6-15/h1-2,7-8,14,19H,3-6,16H2. The van der Waals surface area contributed by atoms with E-state index in [0.29, 0.717) is 31.6 Å². The second-order valence-electron chi connectivity index (χ2n) is 5.65. The molecule has 6 nitrogen and oxygen atoms in total. The minimum absolute atomic E-state index is 0.284. The molecule has 108 valence electrons. The van der Waals surface area contributed by atoms with E-state index in [1.807, 2.05) is 12.1 Å². The number of nitrogens with zero attached hydrogens (tertiary/aromatic N) is 2. The van der Waals surface area contributed by atoms with E-state index >= 15 is 0 Å². The molecule has 0 bridgehead atoms. The van der Waals surface area contributed by atoms with Crippen LogP contribution in [0.4, 0.5) is 0 Å². The van der Waals surface area contributed by atoms with Crippen LogP contribution in [0.1, 0.15) is 31.2 Å². The van der Waals surface area contributed by atoms with Crippen molar-refractivity contribution in [3.8, 4) is 5.88 Å². The van der Waals surface area contributed by atoms with Gasteiger partial charge in [-0.1, -0.05) is 0 Å².